The third-order valence-corrected chi connectivity index (χ3v) is 3.25. The first-order valence-electron chi connectivity index (χ1n) is 5.22. The van der Waals surface area contributed by atoms with Crippen molar-refractivity contribution in [3.8, 4) is 0 Å². The van der Waals surface area contributed by atoms with Gasteiger partial charge in [0.25, 0.3) is 0 Å². The number of nitrogens with one attached hydrogen (secondary N) is 1. The normalized spacial score (nSPS) is 32.1. The number of fused-ring (bicyclic) bond motifs is 1. The average molecular weight is 212 g/mol. The van der Waals surface area contributed by atoms with Crippen LogP contribution in [0.25, 0.3) is 0 Å². The van der Waals surface area contributed by atoms with Crippen LogP contribution in [0.1, 0.15) is 19.3 Å². The summed E-state index contributed by atoms with van der Waals surface area (Å²) >= 11 is 0. The van der Waals surface area contributed by atoms with Crippen molar-refractivity contribution < 1.29 is 10.0 Å². The first kappa shape index (κ1) is 10.1. The molecule has 0 aromatic carbocycles. The minimum absolute atomic E-state index is 0.147. The van der Waals surface area contributed by atoms with E-state index in [2.05, 4.69) is 10.5 Å². The van der Waals surface area contributed by atoms with Crippen molar-refractivity contribution in [2.75, 3.05) is 13.1 Å². The number of amides is 1. The van der Waals surface area contributed by atoms with Crippen molar-refractivity contribution in [2.45, 2.75) is 25.3 Å². The van der Waals surface area contributed by atoms with Crippen LogP contribution < -0.4 is 11.1 Å². The van der Waals surface area contributed by atoms with Crippen LogP contribution in [-0.4, -0.2) is 41.1 Å². The number of carbonyl (C=O) groups is 1. The van der Waals surface area contributed by atoms with Gasteiger partial charge in [-0.15, -0.1) is 0 Å². The van der Waals surface area contributed by atoms with Gasteiger partial charge < -0.3 is 21.2 Å². The van der Waals surface area contributed by atoms with Crippen LogP contribution >= 0.6 is 0 Å². The molecule has 0 saturated carbocycles. The molecule has 2 saturated heterocycles. The number of hydrogen-bond donors (Lipinski definition) is 3. The molecule has 4 N–H and O–H groups in total. The number of carbonyl (C=O) groups excluding carboxylic acids is 1. The molecule has 15 heavy (non-hydrogen) atoms. The largest absolute Gasteiger partial charge is 0.408 e. The van der Waals surface area contributed by atoms with Crippen molar-refractivity contribution >= 4 is 11.9 Å². The molecule has 0 aromatic rings. The molecule has 84 valence electrons. The first-order valence-corrected chi connectivity index (χ1v) is 5.22. The van der Waals surface area contributed by atoms with E-state index < -0.39 is 0 Å². The number of nitrogens with two attached hydrogens (primary N) is 1. The second kappa shape index (κ2) is 3.96. The van der Waals surface area contributed by atoms with Crippen molar-refractivity contribution in [3.63, 3.8) is 0 Å². The molecule has 0 radical (unpaired) electrons. The van der Waals surface area contributed by atoms with Crippen molar-refractivity contribution in [3.05, 3.63) is 0 Å². The van der Waals surface area contributed by atoms with E-state index in [-0.39, 0.29) is 17.9 Å². The number of hydrogen-bond acceptors (Lipinski definition) is 3. The van der Waals surface area contributed by atoms with E-state index in [1.165, 1.54) is 0 Å². The Labute approximate surface area is 88.1 Å². The van der Waals surface area contributed by atoms with Crippen LogP contribution in [0.2, 0.25) is 0 Å². The Hall–Kier alpha value is -1.46. The smallest absolute Gasteiger partial charge is 0.233 e. The van der Waals surface area contributed by atoms with Gasteiger partial charge in [0.2, 0.25) is 11.9 Å². The van der Waals surface area contributed by atoms with Gasteiger partial charge in [0.05, 0.1) is 0 Å². The van der Waals surface area contributed by atoms with Crippen LogP contribution in [0.5, 0.6) is 0 Å². The average Bonchev–Trinajstić information content (AvgIpc) is 2.27. The molecular weight excluding hydrogens is 196 g/mol. The summed E-state index contributed by atoms with van der Waals surface area (Å²) in [5.74, 6) is 0.746. The maximum Gasteiger partial charge on any atom is 0.233 e. The zero-order valence-corrected chi connectivity index (χ0v) is 8.52. The van der Waals surface area contributed by atoms with Gasteiger partial charge in [0.15, 0.2) is 0 Å². The number of rotatable bonds is 0. The number of guanidine groups is 1. The molecule has 2 aliphatic rings. The van der Waals surface area contributed by atoms with Gasteiger partial charge >= 0.3 is 0 Å². The van der Waals surface area contributed by atoms with E-state index in [4.69, 9.17) is 10.9 Å². The third-order valence-electron chi connectivity index (χ3n) is 3.25. The summed E-state index contributed by atoms with van der Waals surface area (Å²) in [7, 11) is 0. The molecule has 2 unspecified atom stereocenters. The lowest BCUT2D eigenvalue weighted by Gasteiger charge is -2.41. The highest BCUT2D eigenvalue weighted by atomic mass is 16.4. The van der Waals surface area contributed by atoms with Gasteiger partial charge in [0.1, 0.15) is 0 Å². The van der Waals surface area contributed by atoms with Crippen molar-refractivity contribution in [2.24, 2.45) is 16.8 Å². The Kier molecular flexibility index (Phi) is 2.66. The van der Waals surface area contributed by atoms with Crippen molar-refractivity contribution in [1.29, 1.82) is 0 Å². The summed E-state index contributed by atoms with van der Waals surface area (Å²) in [4.78, 5) is 13.0. The summed E-state index contributed by atoms with van der Waals surface area (Å²) in [6.07, 6.45) is 2.35. The quantitative estimate of drug-likeness (QED) is 0.214. The summed E-state index contributed by atoms with van der Waals surface area (Å²) < 4.78 is 0. The van der Waals surface area contributed by atoms with E-state index in [9.17, 15) is 4.79 Å². The second-order valence-electron chi connectivity index (χ2n) is 4.17. The van der Waals surface area contributed by atoms with Crippen molar-refractivity contribution in [1.82, 2.24) is 10.2 Å². The summed E-state index contributed by atoms with van der Waals surface area (Å²) in [5, 5.41) is 14.6. The van der Waals surface area contributed by atoms with Crippen LogP contribution in [0, 0.1) is 5.92 Å². The molecule has 0 aromatic heterocycles. The van der Waals surface area contributed by atoms with E-state index >= 15 is 0 Å². The van der Waals surface area contributed by atoms with E-state index in [0.717, 1.165) is 25.9 Å². The predicted octanol–water partition coefficient (Wildman–Crippen LogP) is -0.709. The SMILES string of the molecule is NC(=NO)N1CCC2NC(=O)CCC2C1. The van der Waals surface area contributed by atoms with E-state index in [1.807, 2.05) is 4.90 Å². The molecule has 1 amide bonds. The number of oxime groups is 1. The molecule has 0 aliphatic carbocycles. The Morgan fingerprint density at radius 3 is 3.13 bits per heavy atom. The fraction of sp³-hybridized carbons (Fsp3) is 0.778. The minimum atomic E-state index is 0.147. The van der Waals surface area contributed by atoms with Crippen LogP contribution in [-0.2, 0) is 4.79 Å². The van der Waals surface area contributed by atoms with Crippen LogP contribution in [0.3, 0.4) is 0 Å². The topological polar surface area (TPSA) is 90.9 Å². The summed E-state index contributed by atoms with van der Waals surface area (Å²) in [6.45, 7) is 1.50. The molecule has 2 atom stereocenters. The van der Waals surface area contributed by atoms with Gasteiger partial charge in [-0.25, -0.2) is 0 Å². The highest BCUT2D eigenvalue weighted by Crippen LogP contribution is 2.24. The Bertz CT molecular complexity index is 292. The summed E-state index contributed by atoms with van der Waals surface area (Å²) in [6, 6.07) is 0.272. The molecular formula is C9H16N4O2. The standard InChI is InChI=1S/C9H16N4O2/c10-9(12-15)13-4-3-7-6(5-13)1-2-8(14)11-7/h6-7,15H,1-5H2,(H2,10,12)(H,11,14). The maximum atomic E-state index is 11.2. The fourth-order valence-electron chi connectivity index (χ4n) is 2.38. The van der Waals surface area contributed by atoms with Crippen LogP contribution in [0.15, 0.2) is 5.16 Å². The van der Waals surface area contributed by atoms with E-state index in [1.54, 1.807) is 0 Å². The summed E-state index contributed by atoms with van der Waals surface area (Å²) in [5.41, 5.74) is 5.54. The fourth-order valence-corrected chi connectivity index (χ4v) is 2.38. The molecule has 2 rings (SSSR count). The maximum absolute atomic E-state index is 11.2. The lowest BCUT2D eigenvalue weighted by atomic mass is 9.85. The molecule has 0 spiro atoms. The minimum Gasteiger partial charge on any atom is -0.408 e. The van der Waals surface area contributed by atoms with Gasteiger partial charge in [-0.2, -0.15) is 0 Å². The highest BCUT2D eigenvalue weighted by molar-refractivity contribution is 5.78. The Morgan fingerprint density at radius 2 is 2.40 bits per heavy atom. The predicted molar refractivity (Wildman–Crippen MR) is 54.3 cm³/mol. The number of likely N-dealkylation sites (tertiary alicyclic amines) is 1. The van der Waals surface area contributed by atoms with Gasteiger partial charge in [-0.05, 0) is 18.8 Å². The van der Waals surface area contributed by atoms with Gasteiger partial charge in [0, 0.05) is 25.6 Å². The second-order valence-corrected chi connectivity index (χ2v) is 4.17. The third kappa shape index (κ3) is 1.98. The lowest BCUT2D eigenvalue weighted by Crippen LogP contribution is -2.56. The molecule has 2 fully saturated rings. The molecule has 0 bridgehead atoms. The number of nitrogens with zero attached hydrogens (tertiary/aromatic N) is 2. The lowest BCUT2D eigenvalue weighted by molar-refractivity contribution is -0.125. The number of piperidine rings is 2. The molecule has 2 aliphatic heterocycles. The zero-order chi connectivity index (χ0) is 10.8. The Balaban J connectivity index is 1.98. The molecule has 2 heterocycles. The van der Waals surface area contributed by atoms with Crippen LogP contribution in [0.4, 0.5) is 0 Å². The molecule has 6 heteroatoms. The zero-order valence-electron chi connectivity index (χ0n) is 8.52. The van der Waals surface area contributed by atoms with E-state index in [0.29, 0.717) is 12.3 Å². The monoisotopic (exact) mass is 212 g/mol. The molecule has 6 nitrogen and oxygen atoms in total. The van der Waals surface area contributed by atoms with Gasteiger partial charge in [-0.3, -0.25) is 4.79 Å². The Morgan fingerprint density at radius 1 is 1.60 bits per heavy atom. The highest BCUT2D eigenvalue weighted by Gasteiger charge is 2.34. The first-order chi connectivity index (χ1) is 7.20. The van der Waals surface area contributed by atoms with Gasteiger partial charge in [-0.1, -0.05) is 5.16 Å².